The number of rotatable bonds is 1. The highest BCUT2D eigenvalue weighted by molar-refractivity contribution is 5.40. The SMILES string of the molecule is Nc1ncccc1[C@H]1CCCCN1. The molecule has 13 heavy (non-hydrogen) atoms. The van der Waals surface area contributed by atoms with Gasteiger partial charge in [-0.25, -0.2) is 4.98 Å². The van der Waals surface area contributed by atoms with E-state index < -0.39 is 0 Å². The average molecular weight is 177 g/mol. The van der Waals surface area contributed by atoms with Crippen molar-refractivity contribution in [1.29, 1.82) is 0 Å². The van der Waals surface area contributed by atoms with Crippen LogP contribution in [0.4, 0.5) is 5.82 Å². The fourth-order valence-electron chi connectivity index (χ4n) is 1.84. The molecular formula is C10H15N3. The Morgan fingerprint density at radius 3 is 3.08 bits per heavy atom. The van der Waals surface area contributed by atoms with E-state index in [1.54, 1.807) is 6.20 Å². The minimum absolute atomic E-state index is 0.419. The number of piperidine rings is 1. The summed E-state index contributed by atoms with van der Waals surface area (Å²) in [6.45, 7) is 1.10. The summed E-state index contributed by atoms with van der Waals surface area (Å²) in [6, 6.07) is 4.43. The molecule has 3 heteroatoms. The fourth-order valence-corrected chi connectivity index (χ4v) is 1.84. The van der Waals surface area contributed by atoms with Crippen molar-refractivity contribution in [3.05, 3.63) is 23.9 Å². The standard InChI is InChI=1S/C10H15N3/c11-10-8(4-3-7-13-10)9-5-1-2-6-12-9/h3-4,7,9,12H,1-2,5-6H2,(H2,11,13)/t9-/m1/s1. The third-order valence-corrected chi connectivity index (χ3v) is 2.56. The Hall–Kier alpha value is -1.09. The van der Waals surface area contributed by atoms with Crippen LogP contribution in [0.1, 0.15) is 30.9 Å². The van der Waals surface area contributed by atoms with Crippen molar-refractivity contribution in [3.8, 4) is 0 Å². The fraction of sp³-hybridized carbons (Fsp3) is 0.500. The molecule has 1 atom stereocenters. The lowest BCUT2D eigenvalue weighted by Gasteiger charge is -2.24. The number of anilines is 1. The molecule has 1 aromatic rings. The van der Waals surface area contributed by atoms with Crippen LogP contribution in [0.3, 0.4) is 0 Å². The monoisotopic (exact) mass is 177 g/mol. The van der Waals surface area contributed by atoms with E-state index >= 15 is 0 Å². The highest BCUT2D eigenvalue weighted by atomic mass is 14.9. The van der Waals surface area contributed by atoms with Crippen molar-refractivity contribution in [2.75, 3.05) is 12.3 Å². The van der Waals surface area contributed by atoms with Crippen LogP contribution in [0.25, 0.3) is 0 Å². The molecule has 0 bridgehead atoms. The van der Waals surface area contributed by atoms with Crippen molar-refractivity contribution in [1.82, 2.24) is 10.3 Å². The van der Waals surface area contributed by atoms with Crippen LogP contribution in [0.2, 0.25) is 0 Å². The summed E-state index contributed by atoms with van der Waals surface area (Å²) in [5.74, 6) is 0.668. The van der Waals surface area contributed by atoms with Crippen LogP contribution in [-0.2, 0) is 0 Å². The van der Waals surface area contributed by atoms with Crippen LogP contribution < -0.4 is 11.1 Å². The van der Waals surface area contributed by atoms with E-state index in [1.165, 1.54) is 19.3 Å². The van der Waals surface area contributed by atoms with E-state index in [1.807, 2.05) is 6.07 Å². The molecule has 0 radical (unpaired) electrons. The Morgan fingerprint density at radius 2 is 2.38 bits per heavy atom. The average Bonchev–Trinajstić information content (AvgIpc) is 2.20. The minimum Gasteiger partial charge on any atom is -0.383 e. The molecule has 3 N–H and O–H groups in total. The number of nitrogens with zero attached hydrogens (tertiary/aromatic N) is 1. The van der Waals surface area contributed by atoms with Gasteiger partial charge in [-0.05, 0) is 25.5 Å². The molecule has 0 aliphatic carbocycles. The van der Waals surface area contributed by atoms with E-state index in [4.69, 9.17) is 5.73 Å². The van der Waals surface area contributed by atoms with E-state index in [9.17, 15) is 0 Å². The first-order valence-corrected chi connectivity index (χ1v) is 4.81. The van der Waals surface area contributed by atoms with E-state index in [0.29, 0.717) is 11.9 Å². The van der Waals surface area contributed by atoms with Crippen molar-refractivity contribution >= 4 is 5.82 Å². The summed E-state index contributed by atoms with van der Waals surface area (Å²) in [5, 5.41) is 3.46. The maximum Gasteiger partial charge on any atom is 0.128 e. The van der Waals surface area contributed by atoms with Crippen LogP contribution in [0, 0.1) is 0 Å². The second-order valence-corrected chi connectivity index (χ2v) is 3.48. The summed E-state index contributed by atoms with van der Waals surface area (Å²) in [5.41, 5.74) is 6.96. The molecule has 3 nitrogen and oxygen atoms in total. The Balaban J connectivity index is 2.18. The van der Waals surface area contributed by atoms with E-state index in [2.05, 4.69) is 16.4 Å². The van der Waals surface area contributed by atoms with Gasteiger partial charge in [0.2, 0.25) is 0 Å². The molecule has 2 heterocycles. The Kier molecular flexibility index (Phi) is 2.45. The predicted octanol–water partition coefficient (Wildman–Crippen LogP) is 1.48. The second-order valence-electron chi connectivity index (χ2n) is 3.48. The highest BCUT2D eigenvalue weighted by Crippen LogP contribution is 2.25. The maximum absolute atomic E-state index is 5.80. The van der Waals surface area contributed by atoms with Gasteiger partial charge in [-0.3, -0.25) is 0 Å². The lowest BCUT2D eigenvalue weighted by molar-refractivity contribution is 0.412. The normalized spacial score (nSPS) is 22.9. The van der Waals surface area contributed by atoms with Crippen LogP contribution in [0.15, 0.2) is 18.3 Å². The van der Waals surface area contributed by atoms with Gasteiger partial charge in [0, 0.05) is 17.8 Å². The molecule has 0 saturated carbocycles. The second kappa shape index (κ2) is 3.75. The zero-order valence-corrected chi connectivity index (χ0v) is 7.66. The summed E-state index contributed by atoms with van der Waals surface area (Å²) in [6.07, 6.45) is 5.47. The summed E-state index contributed by atoms with van der Waals surface area (Å²) < 4.78 is 0. The quantitative estimate of drug-likeness (QED) is 0.683. The zero-order valence-electron chi connectivity index (χ0n) is 7.66. The Morgan fingerprint density at radius 1 is 1.46 bits per heavy atom. The van der Waals surface area contributed by atoms with E-state index in [0.717, 1.165) is 12.1 Å². The number of hydrogen-bond donors (Lipinski definition) is 2. The van der Waals surface area contributed by atoms with Crippen molar-refractivity contribution in [2.24, 2.45) is 0 Å². The van der Waals surface area contributed by atoms with Crippen molar-refractivity contribution in [2.45, 2.75) is 25.3 Å². The first-order valence-electron chi connectivity index (χ1n) is 4.81. The zero-order chi connectivity index (χ0) is 9.10. The molecule has 1 fully saturated rings. The van der Waals surface area contributed by atoms with Crippen molar-refractivity contribution in [3.63, 3.8) is 0 Å². The lowest BCUT2D eigenvalue weighted by Crippen LogP contribution is -2.27. The number of nitrogens with two attached hydrogens (primary N) is 1. The van der Waals surface area contributed by atoms with Gasteiger partial charge in [0.25, 0.3) is 0 Å². The molecule has 0 spiro atoms. The number of aromatic nitrogens is 1. The molecule has 0 amide bonds. The largest absolute Gasteiger partial charge is 0.383 e. The predicted molar refractivity (Wildman–Crippen MR) is 53.2 cm³/mol. The van der Waals surface area contributed by atoms with E-state index in [-0.39, 0.29) is 0 Å². The van der Waals surface area contributed by atoms with Gasteiger partial charge in [0.1, 0.15) is 5.82 Å². The maximum atomic E-state index is 5.80. The molecular weight excluding hydrogens is 162 g/mol. The van der Waals surface area contributed by atoms with Crippen LogP contribution in [-0.4, -0.2) is 11.5 Å². The molecule has 70 valence electrons. The number of pyridine rings is 1. The van der Waals surface area contributed by atoms with Gasteiger partial charge in [-0.1, -0.05) is 12.5 Å². The summed E-state index contributed by atoms with van der Waals surface area (Å²) in [4.78, 5) is 4.09. The highest BCUT2D eigenvalue weighted by Gasteiger charge is 2.16. The molecule has 1 aliphatic heterocycles. The Labute approximate surface area is 78.4 Å². The van der Waals surface area contributed by atoms with Crippen LogP contribution >= 0.6 is 0 Å². The van der Waals surface area contributed by atoms with Gasteiger partial charge >= 0.3 is 0 Å². The first kappa shape index (κ1) is 8.51. The minimum atomic E-state index is 0.419. The lowest BCUT2D eigenvalue weighted by atomic mass is 9.98. The topological polar surface area (TPSA) is 50.9 Å². The van der Waals surface area contributed by atoms with Gasteiger partial charge in [0.15, 0.2) is 0 Å². The van der Waals surface area contributed by atoms with Gasteiger partial charge < -0.3 is 11.1 Å². The third-order valence-electron chi connectivity index (χ3n) is 2.56. The molecule has 1 aromatic heterocycles. The number of nitrogen functional groups attached to an aromatic ring is 1. The number of hydrogen-bond acceptors (Lipinski definition) is 3. The smallest absolute Gasteiger partial charge is 0.128 e. The van der Waals surface area contributed by atoms with Gasteiger partial charge in [-0.2, -0.15) is 0 Å². The van der Waals surface area contributed by atoms with Gasteiger partial charge in [0.05, 0.1) is 0 Å². The van der Waals surface area contributed by atoms with Crippen LogP contribution in [0.5, 0.6) is 0 Å². The molecule has 2 rings (SSSR count). The third kappa shape index (κ3) is 1.80. The van der Waals surface area contributed by atoms with Crippen molar-refractivity contribution < 1.29 is 0 Å². The molecule has 1 saturated heterocycles. The molecule has 0 unspecified atom stereocenters. The summed E-state index contributed by atoms with van der Waals surface area (Å²) >= 11 is 0. The first-order chi connectivity index (χ1) is 6.38. The Bertz CT molecular complexity index is 279. The number of nitrogens with one attached hydrogen (secondary N) is 1. The summed E-state index contributed by atoms with van der Waals surface area (Å²) in [7, 11) is 0. The van der Waals surface area contributed by atoms with Gasteiger partial charge in [-0.15, -0.1) is 0 Å². The molecule has 0 aromatic carbocycles. The molecule has 1 aliphatic rings.